The molecule has 4 heteroatoms. The molecule has 0 bridgehead atoms. The molecule has 0 spiro atoms. The van der Waals surface area contributed by atoms with Crippen LogP contribution < -0.4 is 0 Å². The molecule has 24 heavy (non-hydrogen) atoms. The average molecular weight is 438 g/mol. The minimum atomic E-state index is 0.887. The molecule has 0 radical (unpaired) electrons. The highest BCUT2D eigenvalue weighted by Gasteiger charge is 2.12. The maximum atomic E-state index is 4.94. The number of hydrogen-bond donors (Lipinski definition) is 0. The van der Waals surface area contributed by atoms with Crippen LogP contribution in [0, 0.1) is 0 Å². The molecule has 5 rings (SSSR count). The van der Waals surface area contributed by atoms with Crippen LogP contribution in [0.1, 0.15) is 0 Å². The molecular weight excluding hydrogens is 428 g/mol. The zero-order valence-electron chi connectivity index (χ0n) is 12.4. The van der Waals surface area contributed by atoms with E-state index in [2.05, 4.69) is 80.4 Å². The monoisotopic (exact) mass is 436 g/mol. The summed E-state index contributed by atoms with van der Waals surface area (Å²) in [5.41, 5.74) is 3.67. The highest BCUT2D eigenvalue weighted by atomic mass is 79.9. The Hall–Kier alpha value is -2.04. The summed E-state index contributed by atoms with van der Waals surface area (Å²) in [6.07, 6.45) is 0. The van der Waals surface area contributed by atoms with Crippen molar-refractivity contribution >= 4 is 75.5 Å². The van der Waals surface area contributed by atoms with Gasteiger partial charge in [-0.3, -0.25) is 0 Å². The molecule has 0 saturated carbocycles. The molecule has 0 unspecified atom stereocenters. The van der Waals surface area contributed by atoms with E-state index in [1.165, 1.54) is 10.8 Å². The van der Waals surface area contributed by atoms with Crippen molar-refractivity contribution in [2.75, 3.05) is 0 Å². The Balaban J connectivity index is 2.11. The van der Waals surface area contributed by atoms with Gasteiger partial charge in [-0.25, -0.2) is 9.97 Å². The third kappa shape index (κ3) is 2.00. The van der Waals surface area contributed by atoms with Crippen LogP contribution in [0.25, 0.3) is 43.6 Å². The summed E-state index contributed by atoms with van der Waals surface area (Å²) < 4.78 is 1.96. The van der Waals surface area contributed by atoms with Gasteiger partial charge in [0, 0.05) is 19.7 Å². The Labute approximate surface area is 154 Å². The smallest absolute Gasteiger partial charge is 0.0979 e. The minimum absolute atomic E-state index is 0.887. The molecule has 1 aromatic heterocycles. The van der Waals surface area contributed by atoms with E-state index in [9.17, 15) is 0 Å². The Morgan fingerprint density at radius 1 is 0.542 bits per heavy atom. The Bertz CT molecular complexity index is 1180. The summed E-state index contributed by atoms with van der Waals surface area (Å²) in [6, 6.07) is 20.8. The molecule has 0 saturated heterocycles. The van der Waals surface area contributed by atoms with Gasteiger partial charge in [0.05, 0.1) is 22.1 Å². The highest BCUT2D eigenvalue weighted by Crippen LogP contribution is 2.35. The van der Waals surface area contributed by atoms with Crippen LogP contribution in [0.4, 0.5) is 0 Å². The molecule has 114 valence electrons. The Morgan fingerprint density at radius 2 is 0.917 bits per heavy atom. The number of rotatable bonds is 0. The van der Waals surface area contributed by atoms with Gasteiger partial charge in [-0.2, -0.15) is 0 Å². The average Bonchev–Trinajstić information content (AvgIpc) is 2.62. The standard InChI is InChI=1S/C20H10Br2N2/c21-15-9-17-18(10-16(15)22)24-20-14-8-4-2-6-12(14)11-5-1-3-7-13(11)19(20)23-17/h1-10H. The zero-order chi connectivity index (χ0) is 16.3. The molecule has 0 N–H and O–H groups in total. The molecule has 5 aromatic rings. The van der Waals surface area contributed by atoms with E-state index in [-0.39, 0.29) is 0 Å². The fraction of sp³-hybridized carbons (Fsp3) is 0. The van der Waals surface area contributed by atoms with Crippen molar-refractivity contribution in [2.24, 2.45) is 0 Å². The second kappa shape index (κ2) is 5.23. The van der Waals surface area contributed by atoms with Crippen molar-refractivity contribution in [3.05, 3.63) is 69.6 Å². The summed E-state index contributed by atoms with van der Waals surface area (Å²) in [5.74, 6) is 0. The quantitative estimate of drug-likeness (QED) is 0.201. The summed E-state index contributed by atoms with van der Waals surface area (Å²) >= 11 is 7.11. The first kappa shape index (κ1) is 14.3. The molecule has 0 fully saturated rings. The van der Waals surface area contributed by atoms with E-state index in [1.54, 1.807) is 0 Å². The van der Waals surface area contributed by atoms with Crippen molar-refractivity contribution in [2.45, 2.75) is 0 Å². The van der Waals surface area contributed by atoms with Crippen LogP contribution in [0.5, 0.6) is 0 Å². The number of hydrogen-bond acceptors (Lipinski definition) is 2. The van der Waals surface area contributed by atoms with Crippen molar-refractivity contribution in [1.29, 1.82) is 0 Å². The second-order valence-corrected chi connectivity index (χ2v) is 7.48. The van der Waals surface area contributed by atoms with Crippen LogP contribution in [-0.4, -0.2) is 9.97 Å². The van der Waals surface area contributed by atoms with Crippen molar-refractivity contribution in [3.63, 3.8) is 0 Å². The van der Waals surface area contributed by atoms with E-state index in [0.29, 0.717) is 0 Å². The lowest BCUT2D eigenvalue weighted by atomic mass is 9.99. The number of halogens is 2. The topological polar surface area (TPSA) is 25.8 Å². The van der Waals surface area contributed by atoms with E-state index in [4.69, 9.17) is 9.97 Å². The zero-order valence-corrected chi connectivity index (χ0v) is 15.6. The molecule has 4 aromatic carbocycles. The fourth-order valence-corrected chi connectivity index (χ4v) is 3.94. The SMILES string of the molecule is Brc1cc2nc3c4ccccc4c4ccccc4c3nc2cc1Br. The maximum absolute atomic E-state index is 4.94. The van der Waals surface area contributed by atoms with E-state index < -0.39 is 0 Å². The first-order valence-electron chi connectivity index (χ1n) is 7.58. The predicted octanol–water partition coefficient (Wildman–Crippen LogP) is 6.61. The van der Waals surface area contributed by atoms with Gasteiger partial charge >= 0.3 is 0 Å². The number of aromatic nitrogens is 2. The Morgan fingerprint density at radius 3 is 1.33 bits per heavy atom. The molecule has 0 atom stereocenters. The molecule has 0 aliphatic carbocycles. The largest absolute Gasteiger partial charge is 0.244 e. The number of nitrogens with zero attached hydrogens (tertiary/aromatic N) is 2. The second-order valence-electron chi connectivity index (χ2n) is 5.77. The Kier molecular flexibility index (Phi) is 3.12. The number of benzene rings is 4. The molecule has 0 aliphatic heterocycles. The summed E-state index contributed by atoms with van der Waals surface area (Å²) in [7, 11) is 0. The van der Waals surface area contributed by atoms with Gasteiger partial charge < -0.3 is 0 Å². The van der Waals surface area contributed by atoms with E-state index >= 15 is 0 Å². The van der Waals surface area contributed by atoms with Crippen molar-refractivity contribution in [1.82, 2.24) is 9.97 Å². The van der Waals surface area contributed by atoms with Gasteiger partial charge in [-0.1, -0.05) is 48.5 Å². The molecule has 0 aliphatic rings. The van der Waals surface area contributed by atoms with Crippen molar-refractivity contribution in [3.8, 4) is 0 Å². The molecule has 1 heterocycles. The maximum Gasteiger partial charge on any atom is 0.0979 e. The molecule has 0 amide bonds. The highest BCUT2D eigenvalue weighted by molar-refractivity contribution is 9.13. The lowest BCUT2D eigenvalue weighted by Gasteiger charge is -2.10. The first-order chi connectivity index (χ1) is 11.7. The van der Waals surface area contributed by atoms with E-state index in [0.717, 1.165) is 41.8 Å². The summed E-state index contributed by atoms with van der Waals surface area (Å²) in [6.45, 7) is 0. The van der Waals surface area contributed by atoms with Gasteiger partial charge in [0.25, 0.3) is 0 Å². The predicted molar refractivity (Wildman–Crippen MR) is 107 cm³/mol. The van der Waals surface area contributed by atoms with Gasteiger partial charge in [0.1, 0.15) is 0 Å². The number of fused-ring (bicyclic) bond motifs is 7. The van der Waals surface area contributed by atoms with Crippen LogP contribution in [-0.2, 0) is 0 Å². The van der Waals surface area contributed by atoms with Gasteiger partial charge in [0.2, 0.25) is 0 Å². The molecular formula is C20H10Br2N2. The summed E-state index contributed by atoms with van der Waals surface area (Å²) in [4.78, 5) is 9.89. The summed E-state index contributed by atoms with van der Waals surface area (Å²) in [5, 5.41) is 4.70. The van der Waals surface area contributed by atoms with Gasteiger partial charge in [-0.15, -0.1) is 0 Å². The van der Waals surface area contributed by atoms with Crippen molar-refractivity contribution < 1.29 is 0 Å². The van der Waals surface area contributed by atoms with Crippen LogP contribution in [0.3, 0.4) is 0 Å². The van der Waals surface area contributed by atoms with Crippen LogP contribution in [0.15, 0.2) is 69.6 Å². The first-order valence-corrected chi connectivity index (χ1v) is 9.17. The lowest BCUT2D eigenvalue weighted by molar-refractivity contribution is 1.40. The van der Waals surface area contributed by atoms with Crippen LogP contribution in [0.2, 0.25) is 0 Å². The minimum Gasteiger partial charge on any atom is -0.244 e. The molecule has 2 nitrogen and oxygen atoms in total. The van der Waals surface area contributed by atoms with Gasteiger partial charge in [0.15, 0.2) is 0 Å². The van der Waals surface area contributed by atoms with E-state index in [1.807, 2.05) is 12.1 Å². The lowest BCUT2D eigenvalue weighted by Crippen LogP contribution is -1.91. The fourth-order valence-electron chi connectivity index (χ4n) is 3.28. The third-order valence-electron chi connectivity index (χ3n) is 4.36. The van der Waals surface area contributed by atoms with Crippen LogP contribution >= 0.6 is 31.9 Å². The van der Waals surface area contributed by atoms with Gasteiger partial charge in [-0.05, 0) is 54.8 Å². The third-order valence-corrected chi connectivity index (χ3v) is 6.21. The normalized spacial score (nSPS) is 11.8.